The quantitative estimate of drug-likeness (QED) is 0.801. The van der Waals surface area contributed by atoms with E-state index in [-0.39, 0.29) is 24.0 Å². The van der Waals surface area contributed by atoms with Crippen LogP contribution in [0.4, 0.5) is 4.39 Å². The molecule has 1 aliphatic carbocycles. The molecule has 0 heterocycles. The lowest BCUT2D eigenvalue weighted by atomic mass is 10.1. The maximum absolute atomic E-state index is 13.7. The van der Waals surface area contributed by atoms with Crippen LogP contribution >= 0.6 is 0 Å². The normalized spacial score (nSPS) is 16.1. The molecular formula is C16H20FNO5. The van der Waals surface area contributed by atoms with E-state index in [0.29, 0.717) is 0 Å². The Labute approximate surface area is 133 Å². The predicted octanol–water partition coefficient (Wildman–Crippen LogP) is 2.04. The molecule has 2 N–H and O–H groups in total. The Bertz CT molecular complexity index is 572. The van der Waals surface area contributed by atoms with Crippen molar-refractivity contribution in [3.05, 3.63) is 29.6 Å². The van der Waals surface area contributed by atoms with Gasteiger partial charge in [-0.1, -0.05) is 18.9 Å². The predicted molar refractivity (Wildman–Crippen MR) is 79.7 cm³/mol. The van der Waals surface area contributed by atoms with Gasteiger partial charge in [-0.3, -0.25) is 4.79 Å². The van der Waals surface area contributed by atoms with Gasteiger partial charge in [-0.05, 0) is 30.5 Å². The van der Waals surface area contributed by atoms with Gasteiger partial charge in [0.25, 0.3) is 0 Å². The molecule has 1 amide bonds. The van der Waals surface area contributed by atoms with E-state index in [2.05, 4.69) is 5.32 Å². The lowest BCUT2D eigenvalue weighted by Gasteiger charge is -2.17. The van der Waals surface area contributed by atoms with Crippen molar-refractivity contribution in [3.8, 4) is 5.75 Å². The third kappa shape index (κ3) is 4.66. The van der Waals surface area contributed by atoms with E-state index in [0.717, 1.165) is 31.7 Å². The van der Waals surface area contributed by atoms with E-state index < -0.39 is 23.7 Å². The third-order valence-corrected chi connectivity index (χ3v) is 3.81. The number of benzene rings is 1. The van der Waals surface area contributed by atoms with Gasteiger partial charge in [0.2, 0.25) is 5.91 Å². The lowest BCUT2D eigenvalue weighted by Crippen LogP contribution is -2.36. The van der Waals surface area contributed by atoms with Crippen LogP contribution in [0, 0.1) is 5.82 Å². The number of halogens is 1. The number of rotatable bonds is 7. The average molecular weight is 325 g/mol. The Morgan fingerprint density at radius 1 is 1.39 bits per heavy atom. The fourth-order valence-corrected chi connectivity index (χ4v) is 2.60. The molecule has 0 radical (unpaired) electrons. The molecule has 23 heavy (non-hydrogen) atoms. The van der Waals surface area contributed by atoms with Crippen molar-refractivity contribution < 1.29 is 28.6 Å². The van der Waals surface area contributed by atoms with Gasteiger partial charge in [-0.2, -0.15) is 0 Å². The summed E-state index contributed by atoms with van der Waals surface area (Å²) in [6, 6.07) is 2.42. The Hall–Kier alpha value is -2.15. The van der Waals surface area contributed by atoms with Gasteiger partial charge in [0.05, 0.1) is 13.2 Å². The van der Waals surface area contributed by atoms with Gasteiger partial charge >= 0.3 is 5.97 Å². The molecular weight excluding hydrogens is 305 g/mol. The number of methoxy groups -OCH3 is 1. The minimum absolute atomic E-state index is 0.00813. The number of carbonyl (C=O) groups is 2. The highest BCUT2D eigenvalue weighted by atomic mass is 19.1. The van der Waals surface area contributed by atoms with Crippen LogP contribution in [0.15, 0.2) is 18.2 Å². The topological polar surface area (TPSA) is 84.9 Å². The van der Waals surface area contributed by atoms with Gasteiger partial charge < -0.3 is 19.9 Å². The van der Waals surface area contributed by atoms with E-state index in [1.54, 1.807) is 0 Å². The molecule has 0 bridgehead atoms. The molecule has 1 saturated carbocycles. The first-order valence-corrected chi connectivity index (χ1v) is 7.48. The Morgan fingerprint density at radius 2 is 2.09 bits per heavy atom. The Kier molecular flexibility index (Phi) is 5.92. The summed E-state index contributed by atoms with van der Waals surface area (Å²) in [5.74, 6) is -2.49. The van der Waals surface area contributed by atoms with Gasteiger partial charge in [0, 0.05) is 0 Å². The largest absolute Gasteiger partial charge is 0.494 e. The maximum Gasteiger partial charge on any atom is 0.330 e. The van der Waals surface area contributed by atoms with Crippen LogP contribution in [-0.4, -0.2) is 36.8 Å². The average Bonchev–Trinajstić information content (AvgIpc) is 3.03. The molecule has 0 spiro atoms. The summed E-state index contributed by atoms with van der Waals surface area (Å²) in [7, 11) is 1.31. The van der Waals surface area contributed by atoms with Crippen molar-refractivity contribution in [3.63, 3.8) is 0 Å². The van der Waals surface area contributed by atoms with Gasteiger partial charge in [0.15, 0.2) is 17.6 Å². The number of carbonyl (C=O) groups excluding carboxylic acids is 1. The molecule has 7 heteroatoms. The molecule has 126 valence electrons. The highest BCUT2D eigenvalue weighted by Crippen LogP contribution is 2.23. The first-order valence-electron chi connectivity index (χ1n) is 7.48. The number of aliphatic carboxylic acids is 1. The highest BCUT2D eigenvalue weighted by molar-refractivity contribution is 5.85. The number of hydrogen-bond donors (Lipinski definition) is 2. The monoisotopic (exact) mass is 325 g/mol. The molecule has 1 fully saturated rings. The van der Waals surface area contributed by atoms with Crippen molar-refractivity contribution in [2.45, 2.75) is 37.8 Å². The van der Waals surface area contributed by atoms with E-state index in [4.69, 9.17) is 9.47 Å². The van der Waals surface area contributed by atoms with Crippen molar-refractivity contribution in [2.24, 2.45) is 0 Å². The first-order chi connectivity index (χ1) is 11.0. The maximum atomic E-state index is 13.7. The Morgan fingerprint density at radius 3 is 2.65 bits per heavy atom. The summed E-state index contributed by atoms with van der Waals surface area (Å²) in [6.45, 7) is -0.201. The smallest absolute Gasteiger partial charge is 0.330 e. The van der Waals surface area contributed by atoms with E-state index in [1.165, 1.54) is 19.2 Å². The van der Waals surface area contributed by atoms with Gasteiger partial charge in [0.1, 0.15) is 6.61 Å². The van der Waals surface area contributed by atoms with Crippen molar-refractivity contribution >= 4 is 11.9 Å². The summed E-state index contributed by atoms with van der Waals surface area (Å²) in [5, 5.41) is 11.6. The minimum Gasteiger partial charge on any atom is -0.494 e. The third-order valence-electron chi connectivity index (χ3n) is 3.81. The molecule has 0 saturated heterocycles. The number of carboxylic acid groups (broad SMARTS) is 1. The van der Waals surface area contributed by atoms with Crippen molar-refractivity contribution in [2.75, 3.05) is 13.7 Å². The van der Waals surface area contributed by atoms with Crippen LogP contribution in [0.5, 0.6) is 5.75 Å². The van der Waals surface area contributed by atoms with Crippen molar-refractivity contribution in [1.82, 2.24) is 5.32 Å². The standard InChI is InChI=1S/C16H20FNO5/c1-22-13-7-6-10(8-12(13)17)15(16(20)21)18-14(19)9-23-11-4-2-3-5-11/h6-8,11,15H,2-5,9H2,1H3,(H,18,19)(H,20,21). The second-order valence-corrected chi connectivity index (χ2v) is 5.45. The van der Waals surface area contributed by atoms with Crippen LogP contribution in [0.25, 0.3) is 0 Å². The molecule has 1 aromatic carbocycles. The van der Waals surface area contributed by atoms with Crippen LogP contribution in [0.3, 0.4) is 0 Å². The molecule has 1 atom stereocenters. The number of nitrogens with one attached hydrogen (secondary N) is 1. The summed E-state index contributed by atoms with van der Waals surface area (Å²) in [5.41, 5.74) is 0.130. The molecule has 0 aliphatic heterocycles. The van der Waals surface area contributed by atoms with Gasteiger partial charge in [-0.25, -0.2) is 9.18 Å². The van der Waals surface area contributed by atoms with Crippen LogP contribution < -0.4 is 10.1 Å². The van der Waals surface area contributed by atoms with E-state index >= 15 is 0 Å². The number of carboxylic acids is 1. The molecule has 6 nitrogen and oxygen atoms in total. The van der Waals surface area contributed by atoms with Crippen LogP contribution in [-0.2, 0) is 14.3 Å². The summed E-state index contributed by atoms with van der Waals surface area (Å²) >= 11 is 0. The molecule has 1 aliphatic rings. The van der Waals surface area contributed by atoms with Crippen LogP contribution in [0.2, 0.25) is 0 Å². The minimum atomic E-state index is -1.34. The fraction of sp³-hybridized carbons (Fsp3) is 0.500. The van der Waals surface area contributed by atoms with Crippen LogP contribution in [0.1, 0.15) is 37.3 Å². The second-order valence-electron chi connectivity index (χ2n) is 5.45. The molecule has 1 aromatic rings. The second kappa shape index (κ2) is 7.92. The van der Waals surface area contributed by atoms with E-state index in [9.17, 15) is 19.1 Å². The summed E-state index contributed by atoms with van der Waals surface area (Å²) in [6.07, 6.45) is 4.05. The lowest BCUT2D eigenvalue weighted by molar-refractivity contribution is -0.143. The highest BCUT2D eigenvalue weighted by Gasteiger charge is 2.24. The van der Waals surface area contributed by atoms with Gasteiger partial charge in [-0.15, -0.1) is 0 Å². The molecule has 0 aromatic heterocycles. The number of hydrogen-bond acceptors (Lipinski definition) is 4. The Balaban J connectivity index is 1.99. The zero-order chi connectivity index (χ0) is 16.8. The number of amides is 1. The SMILES string of the molecule is COc1ccc(C(NC(=O)COC2CCCC2)C(=O)O)cc1F. The molecule has 2 rings (SSSR count). The van der Waals surface area contributed by atoms with E-state index in [1.807, 2.05) is 0 Å². The zero-order valence-corrected chi connectivity index (χ0v) is 12.9. The zero-order valence-electron chi connectivity index (χ0n) is 12.9. The van der Waals surface area contributed by atoms with Crippen molar-refractivity contribution in [1.29, 1.82) is 0 Å². The summed E-state index contributed by atoms with van der Waals surface area (Å²) < 4.78 is 23.9. The fourth-order valence-electron chi connectivity index (χ4n) is 2.60. The summed E-state index contributed by atoms with van der Waals surface area (Å²) in [4.78, 5) is 23.2. The first kappa shape index (κ1) is 17.2. The number of ether oxygens (including phenoxy) is 2. The molecule has 1 unspecified atom stereocenters.